The van der Waals surface area contributed by atoms with Gasteiger partial charge in [0.2, 0.25) is 11.8 Å². The maximum Gasteiger partial charge on any atom is 0.249 e. The molecule has 0 saturated carbocycles. The number of hydrogen-bond acceptors (Lipinski definition) is 5. The van der Waals surface area contributed by atoms with E-state index in [4.69, 9.17) is 4.74 Å². The zero-order valence-corrected chi connectivity index (χ0v) is 19.9. The normalized spacial score (nSPS) is 11.8. The lowest BCUT2D eigenvalue weighted by atomic mass is 10.0. The molecule has 0 aliphatic heterocycles. The third kappa shape index (κ3) is 5.55. The summed E-state index contributed by atoms with van der Waals surface area (Å²) >= 11 is 0. The smallest absolute Gasteiger partial charge is 0.249 e. The highest BCUT2D eigenvalue weighted by Crippen LogP contribution is 2.29. The number of para-hydroxylation sites is 2. The van der Waals surface area contributed by atoms with E-state index in [1.807, 2.05) is 78.9 Å². The summed E-state index contributed by atoms with van der Waals surface area (Å²) < 4.78 is 6.66. The summed E-state index contributed by atoms with van der Waals surface area (Å²) in [5, 5.41) is 11.2. The zero-order valence-electron chi connectivity index (χ0n) is 19.9. The molecule has 2 amide bonds. The van der Waals surface area contributed by atoms with Gasteiger partial charge in [-0.3, -0.25) is 14.5 Å². The minimum Gasteiger partial charge on any atom is -0.383 e. The first-order valence-corrected chi connectivity index (χ1v) is 11.6. The van der Waals surface area contributed by atoms with E-state index in [2.05, 4.69) is 22.6 Å². The van der Waals surface area contributed by atoms with Crippen molar-refractivity contribution in [3.05, 3.63) is 90.0 Å². The predicted molar refractivity (Wildman–Crippen MR) is 135 cm³/mol. The van der Waals surface area contributed by atoms with Crippen LogP contribution in [0.4, 0.5) is 5.69 Å². The number of anilines is 1. The molecule has 0 aliphatic carbocycles. The molecule has 3 aromatic carbocycles. The number of aromatic nitrogens is 3. The maximum absolute atomic E-state index is 13.9. The van der Waals surface area contributed by atoms with E-state index in [1.54, 1.807) is 16.7 Å². The number of benzene rings is 3. The number of methoxy groups -OCH3 is 1. The molecule has 1 N–H and O–H groups in total. The Kier molecular flexibility index (Phi) is 7.84. The molecule has 0 fully saturated rings. The van der Waals surface area contributed by atoms with E-state index in [1.165, 1.54) is 0 Å². The largest absolute Gasteiger partial charge is 0.383 e. The van der Waals surface area contributed by atoms with Crippen LogP contribution in [-0.4, -0.2) is 47.1 Å². The highest BCUT2D eigenvalue weighted by molar-refractivity contribution is 6.01. The van der Waals surface area contributed by atoms with Crippen LogP contribution in [0.2, 0.25) is 0 Å². The monoisotopic (exact) mass is 471 g/mol. The van der Waals surface area contributed by atoms with Crippen molar-refractivity contribution in [2.45, 2.75) is 25.9 Å². The molecule has 8 heteroatoms. The molecule has 4 aromatic rings. The third-order valence-electron chi connectivity index (χ3n) is 5.82. The van der Waals surface area contributed by atoms with Crippen molar-refractivity contribution in [3.63, 3.8) is 0 Å². The minimum absolute atomic E-state index is 0.0652. The molecule has 35 heavy (non-hydrogen) atoms. The van der Waals surface area contributed by atoms with Gasteiger partial charge >= 0.3 is 0 Å². The molecule has 0 saturated heterocycles. The van der Waals surface area contributed by atoms with Gasteiger partial charge in [-0.1, -0.05) is 66.7 Å². The van der Waals surface area contributed by atoms with Gasteiger partial charge in [-0.15, -0.1) is 5.10 Å². The van der Waals surface area contributed by atoms with Crippen LogP contribution in [0.1, 0.15) is 24.1 Å². The van der Waals surface area contributed by atoms with Crippen molar-refractivity contribution in [3.8, 4) is 0 Å². The molecule has 8 nitrogen and oxygen atoms in total. The van der Waals surface area contributed by atoms with Crippen molar-refractivity contribution in [1.29, 1.82) is 0 Å². The van der Waals surface area contributed by atoms with Crippen LogP contribution in [0, 0.1) is 0 Å². The van der Waals surface area contributed by atoms with Gasteiger partial charge in [0.05, 0.1) is 12.1 Å². The summed E-state index contributed by atoms with van der Waals surface area (Å²) in [6, 6.07) is 23.6. The Hall–Kier alpha value is -4.04. The van der Waals surface area contributed by atoms with Crippen LogP contribution >= 0.6 is 0 Å². The molecule has 0 aliphatic rings. The SMILES string of the molecule is CCc1ccc([C@@H](C(=O)NCCOC)N(C(=O)Cn2nnc3ccccc32)c2ccccc2)cc1. The van der Waals surface area contributed by atoms with Crippen LogP contribution in [0.15, 0.2) is 78.9 Å². The van der Waals surface area contributed by atoms with Gasteiger partial charge in [0.15, 0.2) is 0 Å². The van der Waals surface area contributed by atoms with Crippen molar-refractivity contribution < 1.29 is 14.3 Å². The highest BCUT2D eigenvalue weighted by atomic mass is 16.5. The van der Waals surface area contributed by atoms with E-state index < -0.39 is 6.04 Å². The van der Waals surface area contributed by atoms with Crippen molar-refractivity contribution >= 4 is 28.5 Å². The van der Waals surface area contributed by atoms with Crippen LogP contribution in [-0.2, 0) is 27.3 Å². The summed E-state index contributed by atoms with van der Waals surface area (Å²) in [6.45, 7) is 2.72. The Labute approximate surface area is 204 Å². The molecule has 1 atom stereocenters. The second-order valence-electron chi connectivity index (χ2n) is 8.12. The Morgan fingerprint density at radius 1 is 1.00 bits per heavy atom. The molecular weight excluding hydrogens is 442 g/mol. The lowest BCUT2D eigenvalue weighted by Crippen LogP contribution is -2.46. The minimum atomic E-state index is -0.873. The first kappa shape index (κ1) is 24.1. The predicted octanol–water partition coefficient (Wildman–Crippen LogP) is 3.53. The van der Waals surface area contributed by atoms with Gasteiger partial charge < -0.3 is 10.1 Å². The number of carbonyl (C=O) groups excluding carboxylic acids is 2. The van der Waals surface area contributed by atoms with Gasteiger partial charge in [-0.05, 0) is 41.8 Å². The maximum atomic E-state index is 13.9. The number of aryl methyl sites for hydroxylation is 1. The number of ether oxygens (including phenoxy) is 1. The Morgan fingerprint density at radius 3 is 2.43 bits per heavy atom. The average molecular weight is 472 g/mol. The summed E-state index contributed by atoms with van der Waals surface area (Å²) in [4.78, 5) is 28.9. The van der Waals surface area contributed by atoms with E-state index in [-0.39, 0.29) is 18.4 Å². The van der Waals surface area contributed by atoms with Gasteiger partial charge in [-0.25, -0.2) is 4.68 Å². The average Bonchev–Trinajstić information content (AvgIpc) is 3.30. The first-order chi connectivity index (χ1) is 17.1. The van der Waals surface area contributed by atoms with Crippen LogP contribution < -0.4 is 10.2 Å². The Morgan fingerprint density at radius 2 is 1.71 bits per heavy atom. The number of nitrogens with one attached hydrogen (secondary N) is 1. The first-order valence-electron chi connectivity index (χ1n) is 11.6. The van der Waals surface area contributed by atoms with E-state index in [0.29, 0.717) is 24.4 Å². The summed E-state index contributed by atoms with van der Waals surface area (Å²) in [7, 11) is 1.58. The molecule has 1 aromatic heterocycles. The van der Waals surface area contributed by atoms with Gasteiger partial charge in [0.1, 0.15) is 18.1 Å². The van der Waals surface area contributed by atoms with Gasteiger partial charge in [0, 0.05) is 19.3 Å². The third-order valence-corrected chi connectivity index (χ3v) is 5.82. The number of nitrogens with zero attached hydrogens (tertiary/aromatic N) is 4. The molecule has 0 radical (unpaired) electrons. The van der Waals surface area contributed by atoms with Gasteiger partial charge in [-0.2, -0.15) is 0 Å². The quantitative estimate of drug-likeness (QED) is 0.358. The fourth-order valence-corrected chi connectivity index (χ4v) is 3.99. The number of rotatable bonds is 10. The number of amides is 2. The van der Waals surface area contributed by atoms with E-state index in [0.717, 1.165) is 23.1 Å². The molecule has 0 spiro atoms. The molecule has 180 valence electrons. The lowest BCUT2D eigenvalue weighted by molar-refractivity contribution is -0.127. The molecule has 4 rings (SSSR count). The topological polar surface area (TPSA) is 89.4 Å². The zero-order chi connectivity index (χ0) is 24.6. The lowest BCUT2D eigenvalue weighted by Gasteiger charge is -2.31. The number of hydrogen-bond donors (Lipinski definition) is 1. The highest BCUT2D eigenvalue weighted by Gasteiger charge is 2.33. The van der Waals surface area contributed by atoms with Crippen LogP contribution in [0.25, 0.3) is 11.0 Å². The van der Waals surface area contributed by atoms with Crippen molar-refractivity contribution in [2.75, 3.05) is 25.2 Å². The van der Waals surface area contributed by atoms with Crippen molar-refractivity contribution in [2.24, 2.45) is 0 Å². The summed E-state index contributed by atoms with van der Waals surface area (Å²) in [5.74, 6) is -0.565. The van der Waals surface area contributed by atoms with Crippen LogP contribution in [0.3, 0.4) is 0 Å². The number of fused-ring (bicyclic) bond motifs is 1. The second kappa shape index (κ2) is 11.4. The van der Waals surface area contributed by atoms with Crippen LogP contribution in [0.5, 0.6) is 0 Å². The Bertz CT molecular complexity index is 1270. The number of carbonyl (C=O) groups is 2. The molecule has 0 bridgehead atoms. The van der Waals surface area contributed by atoms with E-state index >= 15 is 0 Å². The molecular formula is C27H29N5O3. The summed E-state index contributed by atoms with van der Waals surface area (Å²) in [5.41, 5.74) is 3.95. The fraction of sp³-hybridized carbons (Fsp3) is 0.259. The van der Waals surface area contributed by atoms with Crippen molar-refractivity contribution in [1.82, 2.24) is 20.3 Å². The Balaban J connectivity index is 1.75. The van der Waals surface area contributed by atoms with Gasteiger partial charge in [0.25, 0.3) is 0 Å². The molecule has 0 unspecified atom stereocenters. The second-order valence-corrected chi connectivity index (χ2v) is 8.12. The standard InChI is InChI=1S/C27H29N5O3/c1-3-20-13-15-21(16-14-20)26(27(34)28-17-18-35-2)32(22-9-5-4-6-10-22)25(33)19-31-24-12-8-7-11-23(24)29-30-31/h4-16,26H,3,17-19H2,1-2H3,(H,28,34)/t26-/m0/s1. The van der Waals surface area contributed by atoms with E-state index in [9.17, 15) is 9.59 Å². The fourth-order valence-electron chi connectivity index (χ4n) is 3.99. The molecule has 1 heterocycles. The summed E-state index contributed by atoms with van der Waals surface area (Å²) in [6.07, 6.45) is 0.881.